The number of nitrogens with zero attached hydrogens (tertiary/aromatic N) is 1. The summed E-state index contributed by atoms with van der Waals surface area (Å²) in [6.07, 6.45) is 1.90. The number of rotatable bonds is 6. The zero-order valence-corrected chi connectivity index (χ0v) is 13.4. The fraction of sp³-hybridized carbons (Fsp3) is 0.312. The highest BCUT2D eigenvalue weighted by Crippen LogP contribution is 2.22. The maximum Gasteiger partial charge on any atom is 0.130 e. The second kappa shape index (κ2) is 7.41. The zero-order valence-electron chi connectivity index (χ0n) is 11.8. The fourth-order valence-corrected chi connectivity index (χ4v) is 2.03. The van der Waals surface area contributed by atoms with Gasteiger partial charge < -0.3 is 10.1 Å². The highest BCUT2D eigenvalue weighted by molar-refractivity contribution is 9.10. The largest absolute Gasteiger partial charge is 0.487 e. The molecule has 0 spiro atoms. The van der Waals surface area contributed by atoms with E-state index < -0.39 is 0 Å². The van der Waals surface area contributed by atoms with Crippen molar-refractivity contribution in [2.75, 3.05) is 6.54 Å². The van der Waals surface area contributed by atoms with E-state index in [1.807, 2.05) is 37.4 Å². The summed E-state index contributed by atoms with van der Waals surface area (Å²) in [4.78, 5) is 4.41. The van der Waals surface area contributed by atoms with Crippen molar-refractivity contribution in [1.29, 1.82) is 0 Å². The van der Waals surface area contributed by atoms with Crippen molar-refractivity contribution in [1.82, 2.24) is 10.3 Å². The van der Waals surface area contributed by atoms with Gasteiger partial charge in [-0.25, -0.2) is 0 Å². The highest BCUT2D eigenvalue weighted by Gasteiger charge is 2.00. The van der Waals surface area contributed by atoms with Crippen LogP contribution in [-0.4, -0.2) is 11.5 Å². The predicted octanol–water partition coefficient (Wildman–Crippen LogP) is 3.84. The van der Waals surface area contributed by atoms with Crippen LogP contribution in [0, 0.1) is 6.92 Å². The van der Waals surface area contributed by atoms with Gasteiger partial charge in [-0.3, -0.25) is 4.98 Å². The van der Waals surface area contributed by atoms with Crippen molar-refractivity contribution in [3.8, 4) is 5.75 Å². The lowest BCUT2D eigenvalue weighted by atomic mass is 10.2. The Balaban J connectivity index is 1.91. The first-order chi connectivity index (χ1) is 9.69. The Labute approximate surface area is 128 Å². The van der Waals surface area contributed by atoms with Gasteiger partial charge in [-0.1, -0.05) is 28.9 Å². The third-order valence-corrected chi connectivity index (χ3v) is 3.87. The summed E-state index contributed by atoms with van der Waals surface area (Å²) in [6.45, 7) is 6.45. The average molecular weight is 335 g/mol. The molecule has 0 atom stereocenters. The molecule has 20 heavy (non-hydrogen) atoms. The van der Waals surface area contributed by atoms with Crippen LogP contribution in [0.2, 0.25) is 0 Å². The molecule has 0 aliphatic heterocycles. The number of aromatic nitrogens is 1. The van der Waals surface area contributed by atoms with Gasteiger partial charge in [0.2, 0.25) is 0 Å². The summed E-state index contributed by atoms with van der Waals surface area (Å²) >= 11 is 3.48. The Morgan fingerprint density at radius 2 is 2.10 bits per heavy atom. The number of benzene rings is 1. The van der Waals surface area contributed by atoms with Crippen molar-refractivity contribution in [2.24, 2.45) is 0 Å². The molecule has 1 aromatic heterocycles. The van der Waals surface area contributed by atoms with Crippen LogP contribution in [0.3, 0.4) is 0 Å². The Morgan fingerprint density at radius 3 is 2.75 bits per heavy atom. The van der Waals surface area contributed by atoms with Gasteiger partial charge in [-0.15, -0.1) is 0 Å². The van der Waals surface area contributed by atoms with E-state index in [2.05, 4.69) is 39.2 Å². The average Bonchev–Trinajstić information content (AvgIpc) is 2.47. The zero-order chi connectivity index (χ0) is 14.4. The van der Waals surface area contributed by atoms with Crippen LogP contribution in [0.4, 0.5) is 0 Å². The van der Waals surface area contributed by atoms with Crippen LogP contribution in [0.15, 0.2) is 41.0 Å². The van der Waals surface area contributed by atoms with E-state index in [0.717, 1.165) is 34.6 Å². The van der Waals surface area contributed by atoms with Crippen molar-refractivity contribution >= 4 is 15.9 Å². The van der Waals surface area contributed by atoms with E-state index in [9.17, 15) is 0 Å². The van der Waals surface area contributed by atoms with Crippen molar-refractivity contribution < 1.29 is 4.74 Å². The molecule has 0 fully saturated rings. The van der Waals surface area contributed by atoms with Crippen molar-refractivity contribution in [2.45, 2.75) is 27.0 Å². The molecule has 0 unspecified atom stereocenters. The van der Waals surface area contributed by atoms with Crippen molar-refractivity contribution in [3.05, 3.63) is 57.8 Å². The monoisotopic (exact) mass is 334 g/mol. The number of ether oxygens (including phenoxy) is 1. The second-order valence-corrected chi connectivity index (χ2v) is 5.49. The molecule has 0 amide bonds. The number of hydrogen-bond donors (Lipinski definition) is 1. The van der Waals surface area contributed by atoms with Gasteiger partial charge in [0.25, 0.3) is 0 Å². The van der Waals surface area contributed by atoms with E-state index in [-0.39, 0.29) is 0 Å². The minimum Gasteiger partial charge on any atom is -0.487 e. The van der Waals surface area contributed by atoms with E-state index >= 15 is 0 Å². The second-order valence-electron chi connectivity index (χ2n) is 4.64. The number of nitrogens with one attached hydrogen (secondary N) is 1. The molecule has 2 rings (SSSR count). The molecule has 106 valence electrons. The standard InChI is InChI=1S/C16H19BrN2O/c1-3-18-9-13-4-5-14(19-10-13)11-20-15-6-7-16(17)12(2)8-15/h4-8,10,18H,3,9,11H2,1-2H3. The molecule has 0 aliphatic carbocycles. The topological polar surface area (TPSA) is 34.1 Å². The van der Waals surface area contributed by atoms with Crippen LogP contribution < -0.4 is 10.1 Å². The Kier molecular flexibility index (Phi) is 5.56. The van der Waals surface area contributed by atoms with E-state index in [4.69, 9.17) is 4.74 Å². The van der Waals surface area contributed by atoms with Gasteiger partial charge in [0.05, 0.1) is 5.69 Å². The third kappa shape index (κ3) is 4.32. The lowest BCUT2D eigenvalue weighted by molar-refractivity contribution is 0.301. The first-order valence-corrected chi connectivity index (χ1v) is 7.52. The SMILES string of the molecule is CCNCc1ccc(COc2ccc(Br)c(C)c2)nc1. The number of aryl methyl sites for hydroxylation is 1. The van der Waals surface area contributed by atoms with E-state index in [0.29, 0.717) is 6.61 Å². The molecule has 1 N–H and O–H groups in total. The summed E-state index contributed by atoms with van der Waals surface area (Å²) in [5, 5.41) is 3.28. The molecule has 0 radical (unpaired) electrons. The lowest BCUT2D eigenvalue weighted by Gasteiger charge is -2.08. The fourth-order valence-electron chi connectivity index (χ4n) is 1.78. The maximum absolute atomic E-state index is 5.75. The summed E-state index contributed by atoms with van der Waals surface area (Å²) in [5.74, 6) is 0.865. The minimum absolute atomic E-state index is 0.489. The quantitative estimate of drug-likeness (QED) is 0.871. The lowest BCUT2D eigenvalue weighted by Crippen LogP contribution is -2.12. The van der Waals surface area contributed by atoms with Crippen molar-refractivity contribution in [3.63, 3.8) is 0 Å². The molecule has 2 aromatic rings. The first-order valence-electron chi connectivity index (χ1n) is 6.72. The molecular weight excluding hydrogens is 316 g/mol. The number of hydrogen-bond acceptors (Lipinski definition) is 3. The molecular formula is C16H19BrN2O. The smallest absolute Gasteiger partial charge is 0.130 e. The van der Waals surface area contributed by atoms with Gasteiger partial charge in [0, 0.05) is 17.2 Å². The van der Waals surface area contributed by atoms with E-state index in [1.54, 1.807) is 0 Å². The Hall–Kier alpha value is -1.39. The molecule has 1 aromatic carbocycles. The molecule has 3 nitrogen and oxygen atoms in total. The summed E-state index contributed by atoms with van der Waals surface area (Å²) < 4.78 is 6.84. The Bertz CT molecular complexity index is 555. The molecule has 1 heterocycles. The highest BCUT2D eigenvalue weighted by atomic mass is 79.9. The van der Waals surface area contributed by atoms with Gasteiger partial charge in [0.15, 0.2) is 0 Å². The first kappa shape index (κ1) is 15.0. The molecule has 0 bridgehead atoms. The summed E-state index contributed by atoms with van der Waals surface area (Å²) in [6, 6.07) is 10.1. The van der Waals surface area contributed by atoms with Crippen LogP contribution in [-0.2, 0) is 13.2 Å². The van der Waals surface area contributed by atoms with Crippen LogP contribution >= 0.6 is 15.9 Å². The van der Waals surface area contributed by atoms with Gasteiger partial charge >= 0.3 is 0 Å². The summed E-state index contributed by atoms with van der Waals surface area (Å²) in [5.41, 5.74) is 3.29. The molecule has 4 heteroatoms. The summed E-state index contributed by atoms with van der Waals surface area (Å²) in [7, 11) is 0. The van der Waals surface area contributed by atoms with Gasteiger partial charge in [-0.2, -0.15) is 0 Å². The van der Waals surface area contributed by atoms with Gasteiger partial charge in [0.1, 0.15) is 12.4 Å². The van der Waals surface area contributed by atoms with Crippen LogP contribution in [0.25, 0.3) is 0 Å². The molecule has 0 saturated heterocycles. The van der Waals surface area contributed by atoms with Crippen LogP contribution in [0.5, 0.6) is 5.75 Å². The molecule has 0 saturated carbocycles. The minimum atomic E-state index is 0.489. The predicted molar refractivity (Wildman–Crippen MR) is 84.8 cm³/mol. The van der Waals surface area contributed by atoms with E-state index in [1.165, 1.54) is 5.56 Å². The number of pyridine rings is 1. The normalized spacial score (nSPS) is 10.6. The Morgan fingerprint density at radius 1 is 1.25 bits per heavy atom. The molecule has 0 aliphatic rings. The van der Waals surface area contributed by atoms with Crippen LogP contribution in [0.1, 0.15) is 23.7 Å². The number of halogens is 1. The maximum atomic E-state index is 5.75. The van der Waals surface area contributed by atoms with Gasteiger partial charge in [-0.05, 0) is 48.9 Å². The third-order valence-electron chi connectivity index (χ3n) is 2.98.